The SMILES string of the molecule is O=C(c1cc([N+](=O)[O-])cc(Cl)c1Cl)N1CCC(CO)CC1. The molecule has 0 aromatic heterocycles. The highest BCUT2D eigenvalue weighted by Crippen LogP contribution is 2.32. The van der Waals surface area contributed by atoms with Gasteiger partial charge in [0.2, 0.25) is 0 Å². The average Bonchev–Trinajstić information content (AvgIpc) is 2.49. The molecule has 21 heavy (non-hydrogen) atoms. The predicted molar refractivity (Wildman–Crippen MR) is 78.8 cm³/mol. The highest BCUT2D eigenvalue weighted by molar-refractivity contribution is 6.44. The molecule has 8 heteroatoms. The number of piperidine rings is 1. The van der Waals surface area contributed by atoms with Crippen molar-refractivity contribution in [2.24, 2.45) is 5.92 Å². The number of aliphatic hydroxyl groups excluding tert-OH is 1. The summed E-state index contributed by atoms with van der Waals surface area (Å²) in [6.07, 6.45) is 1.39. The lowest BCUT2D eigenvalue weighted by Crippen LogP contribution is -2.39. The zero-order valence-corrected chi connectivity index (χ0v) is 12.6. The number of halogens is 2. The minimum atomic E-state index is -0.614. The van der Waals surface area contributed by atoms with Crippen LogP contribution in [0.4, 0.5) is 5.69 Å². The van der Waals surface area contributed by atoms with Gasteiger partial charge in [-0.1, -0.05) is 23.2 Å². The van der Waals surface area contributed by atoms with E-state index in [-0.39, 0.29) is 39.7 Å². The first kappa shape index (κ1) is 16.0. The van der Waals surface area contributed by atoms with Crippen molar-refractivity contribution in [3.8, 4) is 0 Å². The third kappa shape index (κ3) is 3.45. The average molecular weight is 333 g/mol. The zero-order chi connectivity index (χ0) is 15.6. The summed E-state index contributed by atoms with van der Waals surface area (Å²) in [6, 6.07) is 2.27. The molecule has 1 amide bonds. The van der Waals surface area contributed by atoms with Gasteiger partial charge in [-0.2, -0.15) is 0 Å². The van der Waals surface area contributed by atoms with Crippen molar-refractivity contribution >= 4 is 34.8 Å². The maximum absolute atomic E-state index is 12.4. The Morgan fingerprint density at radius 2 is 2.00 bits per heavy atom. The van der Waals surface area contributed by atoms with Gasteiger partial charge in [-0.25, -0.2) is 0 Å². The number of benzene rings is 1. The second-order valence-corrected chi connectivity index (χ2v) is 5.75. The number of carbonyl (C=O) groups is 1. The monoisotopic (exact) mass is 332 g/mol. The van der Waals surface area contributed by atoms with E-state index in [1.54, 1.807) is 4.90 Å². The fourth-order valence-electron chi connectivity index (χ4n) is 2.32. The standard InChI is InChI=1S/C13H14Cl2N2O4/c14-11-6-9(17(20)21)5-10(12(11)15)13(19)16-3-1-8(7-18)2-4-16/h5-6,8,18H,1-4,7H2. The Morgan fingerprint density at radius 1 is 1.38 bits per heavy atom. The number of hydrogen-bond donors (Lipinski definition) is 1. The second kappa shape index (κ2) is 6.60. The lowest BCUT2D eigenvalue weighted by molar-refractivity contribution is -0.384. The van der Waals surface area contributed by atoms with Crippen molar-refractivity contribution in [2.45, 2.75) is 12.8 Å². The number of aliphatic hydroxyl groups is 1. The van der Waals surface area contributed by atoms with Gasteiger partial charge in [-0.05, 0) is 18.8 Å². The molecule has 0 aliphatic carbocycles. The van der Waals surface area contributed by atoms with Crippen molar-refractivity contribution in [3.63, 3.8) is 0 Å². The Labute approximate surface area is 131 Å². The fraction of sp³-hybridized carbons (Fsp3) is 0.462. The van der Waals surface area contributed by atoms with Crippen LogP contribution in [0.5, 0.6) is 0 Å². The molecule has 1 aromatic carbocycles. The van der Waals surface area contributed by atoms with Gasteiger partial charge in [0.05, 0.1) is 20.5 Å². The van der Waals surface area contributed by atoms with Crippen LogP contribution in [0.15, 0.2) is 12.1 Å². The highest BCUT2D eigenvalue weighted by Gasteiger charge is 2.27. The van der Waals surface area contributed by atoms with E-state index in [0.717, 1.165) is 12.1 Å². The predicted octanol–water partition coefficient (Wildman–Crippen LogP) is 2.75. The smallest absolute Gasteiger partial charge is 0.271 e. The van der Waals surface area contributed by atoms with Gasteiger partial charge < -0.3 is 10.0 Å². The molecule has 1 heterocycles. The highest BCUT2D eigenvalue weighted by atomic mass is 35.5. The third-order valence-corrected chi connectivity index (χ3v) is 4.42. The van der Waals surface area contributed by atoms with E-state index in [1.165, 1.54) is 0 Å². The molecule has 1 aromatic rings. The number of nitro groups is 1. The van der Waals surface area contributed by atoms with Crippen molar-refractivity contribution in [1.82, 2.24) is 4.90 Å². The zero-order valence-electron chi connectivity index (χ0n) is 11.1. The summed E-state index contributed by atoms with van der Waals surface area (Å²) >= 11 is 11.8. The Morgan fingerprint density at radius 3 is 2.52 bits per heavy atom. The molecule has 6 nitrogen and oxygen atoms in total. The summed E-state index contributed by atoms with van der Waals surface area (Å²) in [6.45, 7) is 1.08. The van der Waals surface area contributed by atoms with Crippen LogP contribution in [-0.4, -0.2) is 40.5 Å². The van der Waals surface area contributed by atoms with E-state index in [4.69, 9.17) is 28.3 Å². The Kier molecular flexibility index (Phi) is 5.03. The van der Waals surface area contributed by atoms with E-state index < -0.39 is 4.92 Å². The summed E-state index contributed by atoms with van der Waals surface area (Å²) in [5.74, 6) is -0.180. The van der Waals surface area contributed by atoms with Gasteiger partial charge in [0.25, 0.3) is 11.6 Å². The normalized spacial score (nSPS) is 16.0. The molecule has 0 unspecified atom stereocenters. The molecule has 0 radical (unpaired) electrons. The van der Waals surface area contributed by atoms with Crippen LogP contribution >= 0.6 is 23.2 Å². The van der Waals surface area contributed by atoms with E-state index >= 15 is 0 Å². The van der Waals surface area contributed by atoms with Crippen LogP contribution in [-0.2, 0) is 0 Å². The molecular formula is C13H14Cl2N2O4. The van der Waals surface area contributed by atoms with Gasteiger partial charge in [-0.3, -0.25) is 14.9 Å². The van der Waals surface area contributed by atoms with Gasteiger partial charge in [0.1, 0.15) is 0 Å². The van der Waals surface area contributed by atoms with E-state index in [9.17, 15) is 14.9 Å². The number of carbonyl (C=O) groups excluding carboxylic acids is 1. The lowest BCUT2D eigenvalue weighted by atomic mass is 9.97. The number of rotatable bonds is 3. The molecular weight excluding hydrogens is 319 g/mol. The number of nitrogens with zero attached hydrogens (tertiary/aromatic N) is 2. The fourth-order valence-corrected chi connectivity index (χ4v) is 2.73. The molecule has 0 saturated carbocycles. The van der Waals surface area contributed by atoms with Crippen LogP contribution in [0.2, 0.25) is 10.0 Å². The lowest BCUT2D eigenvalue weighted by Gasteiger charge is -2.31. The Bertz CT molecular complexity index is 572. The van der Waals surface area contributed by atoms with Gasteiger partial charge in [0, 0.05) is 31.8 Å². The van der Waals surface area contributed by atoms with E-state index in [2.05, 4.69) is 0 Å². The first-order valence-electron chi connectivity index (χ1n) is 6.47. The summed E-state index contributed by atoms with van der Waals surface area (Å²) in [4.78, 5) is 24.3. The van der Waals surface area contributed by atoms with Gasteiger partial charge in [-0.15, -0.1) is 0 Å². The number of likely N-dealkylation sites (tertiary alicyclic amines) is 1. The van der Waals surface area contributed by atoms with Crippen LogP contribution < -0.4 is 0 Å². The summed E-state index contributed by atoms with van der Waals surface area (Å²) in [5, 5.41) is 20.0. The maximum Gasteiger partial charge on any atom is 0.271 e. The second-order valence-electron chi connectivity index (χ2n) is 4.96. The first-order valence-corrected chi connectivity index (χ1v) is 7.23. The van der Waals surface area contributed by atoms with Crippen molar-refractivity contribution in [2.75, 3.05) is 19.7 Å². The van der Waals surface area contributed by atoms with Crippen molar-refractivity contribution < 1.29 is 14.8 Å². The molecule has 0 spiro atoms. The quantitative estimate of drug-likeness (QED) is 0.681. The third-order valence-electron chi connectivity index (χ3n) is 3.61. The number of nitro benzene ring substituents is 1. The summed E-state index contributed by atoms with van der Waals surface area (Å²) in [7, 11) is 0. The van der Waals surface area contributed by atoms with E-state index in [1.807, 2.05) is 0 Å². The van der Waals surface area contributed by atoms with Crippen LogP contribution in [0, 0.1) is 16.0 Å². The largest absolute Gasteiger partial charge is 0.396 e. The van der Waals surface area contributed by atoms with E-state index in [0.29, 0.717) is 25.9 Å². The van der Waals surface area contributed by atoms with Gasteiger partial charge >= 0.3 is 0 Å². The van der Waals surface area contributed by atoms with Gasteiger partial charge in [0.15, 0.2) is 0 Å². The number of hydrogen-bond acceptors (Lipinski definition) is 4. The molecule has 1 aliphatic heterocycles. The minimum absolute atomic E-state index is 0.0144. The molecule has 1 fully saturated rings. The number of non-ortho nitro benzene ring substituents is 1. The van der Waals surface area contributed by atoms with Crippen molar-refractivity contribution in [1.29, 1.82) is 0 Å². The molecule has 0 atom stereocenters. The van der Waals surface area contributed by atoms with Crippen LogP contribution in [0.1, 0.15) is 23.2 Å². The Hall–Kier alpha value is -1.37. The number of amides is 1. The molecule has 1 saturated heterocycles. The first-order chi connectivity index (χ1) is 9.93. The molecule has 1 aliphatic rings. The molecule has 2 rings (SSSR count). The molecule has 0 bridgehead atoms. The summed E-state index contributed by atoms with van der Waals surface area (Å²) in [5.41, 5.74) is -0.226. The van der Waals surface area contributed by atoms with Crippen LogP contribution in [0.25, 0.3) is 0 Å². The maximum atomic E-state index is 12.4. The van der Waals surface area contributed by atoms with Crippen LogP contribution in [0.3, 0.4) is 0 Å². The topological polar surface area (TPSA) is 83.7 Å². The molecule has 114 valence electrons. The Balaban J connectivity index is 2.25. The molecule has 1 N–H and O–H groups in total. The summed E-state index contributed by atoms with van der Waals surface area (Å²) < 4.78 is 0. The van der Waals surface area contributed by atoms with Crippen molar-refractivity contribution in [3.05, 3.63) is 37.9 Å². The minimum Gasteiger partial charge on any atom is -0.396 e.